The fraction of sp³-hybridized carbons (Fsp3) is 1.00. The third-order valence-corrected chi connectivity index (χ3v) is 1.87. The summed E-state index contributed by atoms with van der Waals surface area (Å²) in [5.74, 6) is 0. The van der Waals surface area contributed by atoms with Crippen molar-refractivity contribution in [2.24, 2.45) is 5.73 Å². The summed E-state index contributed by atoms with van der Waals surface area (Å²) in [7, 11) is 0. The summed E-state index contributed by atoms with van der Waals surface area (Å²) < 4.78 is 0. The Hall–Kier alpha value is 0.920. The Morgan fingerprint density at radius 1 is 1.56 bits per heavy atom. The van der Waals surface area contributed by atoms with Crippen molar-refractivity contribution in [1.82, 2.24) is 0 Å². The van der Waals surface area contributed by atoms with Crippen LogP contribution in [0.25, 0.3) is 0 Å². The van der Waals surface area contributed by atoms with E-state index in [2.05, 4.69) is 29.8 Å². The summed E-state index contributed by atoms with van der Waals surface area (Å²) in [6.07, 6.45) is 2.11. The molecule has 0 radical (unpaired) electrons. The van der Waals surface area contributed by atoms with Crippen LogP contribution in [0.5, 0.6) is 0 Å². The first-order chi connectivity index (χ1) is 3.62. The molecule has 1 unspecified atom stereocenters. The van der Waals surface area contributed by atoms with Crippen molar-refractivity contribution < 1.29 is 0 Å². The number of alkyl halides is 1. The molecule has 1 nitrogen and oxygen atoms in total. The van der Waals surface area contributed by atoms with Crippen LogP contribution in [0.3, 0.4) is 0 Å². The van der Waals surface area contributed by atoms with Crippen molar-refractivity contribution in [3.63, 3.8) is 0 Å². The molecule has 0 saturated carbocycles. The van der Waals surface area contributed by atoms with E-state index in [9.17, 15) is 0 Å². The van der Waals surface area contributed by atoms with Crippen LogP contribution in [0.15, 0.2) is 0 Å². The number of rotatable bonds is 3. The lowest BCUT2D eigenvalue weighted by Crippen LogP contribution is -2.35. The van der Waals surface area contributed by atoms with Crippen molar-refractivity contribution >= 4 is 32.9 Å². The molecule has 0 aromatic rings. The predicted octanol–water partition coefficient (Wildman–Crippen LogP) is 2.48. The number of halogens is 2. The fourth-order valence-electron chi connectivity index (χ4n) is 0.393. The molecular weight excluding hydrogens is 246 g/mol. The van der Waals surface area contributed by atoms with Crippen molar-refractivity contribution in [2.45, 2.75) is 32.2 Å². The second-order valence-electron chi connectivity index (χ2n) is 2.45. The molecule has 0 aromatic carbocycles. The SMILES string of the molecule is Br.CCC(C)(N)CCBr. The van der Waals surface area contributed by atoms with E-state index in [0.717, 1.165) is 18.2 Å². The van der Waals surface area contributed by atoms with E-state index in [1.54, 1.807) is 0 Å². The van der Waals surface area contributed by atoms with Gasteiger partial charge in [0.25, 0.3) is 0 Å². The van der Waals surface area contributed by atoms with E-state index in [4.69, 9.17) is 5.73 Å². The molecule has 0 aliphatic carbocycles. The van der Waals surface area contributed by atoms with Crippen LogP contribution in [0.4, 0.5) is 0 Å². The summed E-state index contributed by atoms with van der Waals surface area (Å²) in [6.45, 7) is 4.19. The van der Waals surface area contributed by atoms with Crippen LogP contribution in [-0.2, 0) is 0 Å². The van der Waals surface area contributed by atoms with Gasteiger partial charge in [-0.3, -0.25) is 0 Å². The molecule has 58 valence electrons. The third kappa shape index (κ3) is 6.81. The summed E-state index contributed by atoms with van der Waals surface area (Å²) in [6, 6.07) is 0. The first-order valence-electron chi connectivity index (χ1n) is 2.97. The number of hydrogen-bond acceptors (Lipinski definition) is 1. The van der Waals surface area contributed by atoms with Gasteiger partial charge in [-0.2, -0.15) is 0 Å². The molecule has 9 heavy (non-hydrogen) atoms. The van der Waals surface area contributed by atoms with Gasteiger partial charge in [0.05, 0.1) is 0 Å². The Kier molecular flexibility index (Phi) is 7.95. The molecule has 0 amide bonds. The molecule has 3 heteroatoms. The van der Waals surface area contributed by atoms with Crippen molar-refractivity contribution in [3.05, 3.63) is 0 Å². The van der Waals surface area contributed by atoms with E-state index in [0.29, 0.717) is 0 Å². The van der Waals surface area contributed by atoms with Gasteiger partial charge >= 0.3 is 0 Å². The Morgan fingerprint density at radius 3 is 2.11 bits per heavy atom. The van der Waals surface area contributed by atoms with Crippen LogP contribution in [0, 0.1) is 0 Å². The fourth-order valence-corrected chi connectivity index (χ4v) is 1.30. The van der Waals surface area contributed by atoms with E-state index in [1.165, 1.54) is 0 Å². The smallest absolute Gasteiger partial charge is 0.0131 e. The van der Waals surface area contributed by atoms with Crippen LogP contribution in [-0.4, -0.2) is 10.9 Å². The Morgan fingerprint density at radius 2 is 2.00 bits per heavy atom. The van der Waals surface area contributed by atoms with Gasteiger partial charge in [-0.25, -0.2) is 0 Å². The molecule has 2 N–H and O–H groups in total. The Labute approximate surface area is 76.3 Å². The van der Waals surface area contributed by atoms with Gasteiger partial charge in [0.15, 0.2) is 0 Å². The van der Waals surface area contributed by atoms with E-state index in [1.807, 2.05) is 0 Å². The highest BCUT2D eigenvalue weighted by Gasteiger charge is 2.12. The maximum atomic E-state index is 5.80. The molecule has 0 aliphatic heterocycles. The van der Waals surface area contributed by atoms with Gasteiger partial charge in [0.2, 0.25) is 0 Å². The summed E-state index contributed by atoms with van der Waals surface area (Å²) >= 11 is 3.35. The van der Waals surface area contributed by atoms with Gasteiger partial charge in [-0.1, -0.05) is 22.9 Å². The third-order valence-electron chi connectivity index (χ3n) is 1.47. The highest BCUT2D eigenvalue weighted by molar-refractivity contribution is 9.09. The Balaban J connectivity index is 0. The maximum Gasteiger partial charge on any atom is 0.0131 e. The molecule has 0 saturated heterocycles. The highest BCUT2D eigenvalue weighted by Crippen LogP contribution is 2.10. The molecule has 0 aliphatic rings. The van der Waals surface area contributed by atoms with E-state index in [-0.39, 0.29) is 22.5 Å². The zero-order valence-electron chi connectivity index (χ0n) is 5.98. The van der Waals surface area contributed by atoms with Gasteiger partial charge in [0.1, 0.15) is 0 Å². The summed E-state index contributed by atoms with van der Waals surface area (Å²) in [5, 5.41) is 1.01. The molecule has 1 atom stereocenters. The van der Waals surface area contributed by atoms with E-state index < -0.39 is 0 Å². The van der Waals surface area contributed by atoms with Crippen LogP contribution in [0.2, 0.25) is 0 Å². The minimum atomic E-state index is 0. The monoisotopic (exact) mass is 259 g/mol. The normalized spacial score (nSPS) is 16.0. The summed E-state index contributed by atoms with van der Waals surface area (Å²) in [5.41, 5.74) is 5.84. The lowest BCUT2D eigenvalue weighted by Gasteiger charge is -2.20. The molecule has 0 heterocycles. The van der Waals surface area contributed by atoms with Gasteiger partial charge in [-0.05, 0) is 19.8 Å². The zero-order chi connectivity index (χ0) is 6.62. The van der Waals surface area contributed by atoms with Gasteiger partial charge in [-0.15, -0.1) is 17.0 Å². The first-order valence-corrected chi connectivity index (χ1v) is 4.09. The maximum absolute atomic E-state index is 5.80. The minimum absolute atomic E-state index is 0. The van der Waals surface area contributed by atoms with Crippen molar-refractivity contribution in [1.29, 1.82) is 0 Å². The van der Waals surface area contributed by atoms with Gasteiger partial charge in [0, 0.05) is 10.9 Å². The molecular formula is C6H15Br2N. The summed E-state index contributed by atoms with van der Waals surface area (Å²) in [4.78, 5) is 0. The quantitative estimate of drug-likeness (QED) is 0.776. The second-order valence-corrected chi connectivity index (χ2v) is 3.24. The lowest BCUT2D eigenvalue weighted by atomic mass is 9.98. The predicted molar refractivity (Wildman–Crippen MR) is 51.6 cm³/mol. The van der Waals surface area contributed by atoms with Crippen LogP contribution < -0.4 is 5.73 Å². The van der Waals surface area contributed by atoms with Crippen molar-refractivity contribution in [2.75, 3.05) is 5.33 Å². The zero-order valence-corrected chi connectivity index (χ0v) is 9.28. The largest absolute Gasteiger partial charge is 0.325 e. The standard InChI is InChI=1S/C6H14BrN.BrH/c1-3-6(2,8)4-5-7;/h3-5,8H2,1-2H3;1H. The minimum Gasteiger partial charge on any atom is -0.325 e. The topological polar surface area (TPSA) is 26.0 Å². The average molecular weight is 261 g/mol. The second kappa shape index (κ2) is 5.69. The Bertz CT molecular complexity index is 64.1. The number of nitrogens with two attached hydrogens (primary N) is 1. The van der Waals surface area contributed by atoms with Gasteiger partial charge < -0.3 is 5.73 Å². The first kappa shape index (κ1) is 12.6. The molecule has 0 aromatic heterocycles. The lowest BCUT2D eigenvalue weighted by molar-refractivity contribution is 0.442. The average Bonchev–Trinajstić information content (AvgIpc) is 1.67. The highest BCUT2D eigenvalue weighted by atomic mass is 79.9. The van der Waals surface area contributed by atoms with E-state index >= 15 is 0 Å². The molecule has 0 bridgehead atoms. The molecule has 0 spiro atoms. The molecule has 0 rings (SSSR count). The van der Waals surface area contributed by atoms with Crippen LogP contribution in [0.1, 0.15) is 26.7 Å². The number of hydrogen-bond donors (Lipinski definition) is 1. The van der Waals surface area contributed by atoms with Crippen molar-refractivity contribution in [3.8, 4) is 0 Å². The van der Waals surface area contributed by atoms with Crippen LogP contribution >= 0.6 is 32.9 Å². The molecule has 0 fully saturated rings.